The molecule has 1 aliphatic heterocycles. The van der Waals surface area contributed by atoms with Crippen molar-refractivity contribution in [2.24, 2.45) is 0 Å². The summed E-state index contributed by atoms with van der Waals surface area (Å²) >= 11 is 0. The standard InChI is InChI=1S/C21H23N9O2/c1-12-9-18(28-27-12)24-17-11-19(31-3)26-21(25-17)30-8-6-15(30)16-10-14(29-32-16)13-5-4-7-23-20(13)22-2/h4-5,7,9-11,15H,6,8H2,1-3H3,(H,22,23)(H2,24,25,26,27,28)/t15-/m0/s1. The van der Waals surface area contributed by atoms with Gasteiger partial charge in [0.1, 0.15) is 17.3 Å². The molecule has 11 nitrogen and oxygen atoms in total. The summed E-state index contributed by atoms with van der Waals surface area (Å²) in [6.07, 6.45) is 2.64. The third-order valence-corrected chi connectivity index (χ3v) is 5.32. The second-order valence-electron chi connectivity index (χ2n) is 7.42. The van der Waals surface area contributed by atoms with Crippen LogP contribution in [-0.4, -0.2) is 51.0 Å². The minimum atomic E-state index is -0.0152. The van der Waals surface area contributed by atoms with Crippen molar-refractivity contribution in [1.29, 1.82) is 0 Å². The van der Waals surface area contributed by atoms with Crippen LogP contribution in [-0.2, 0) is 0 Å². The molecule has 4 aromatic heterocycles. The van der Waals surface area contributed by atoms with Gasteiger partial charge in [-0.15, -0.1) is 0 Å². The van der Waals surface area contributed by atoms with Gasteiger partial charge in [-0.1, -0.05) is 5.16 Å². The Morgan fingerprint density at radius 2 is 2.12 bits per heavy atom. The number of H-pyrrole nitrogens is 1. The molecule has 0 amide bonds. The van der Waals surface area contributed by atoms with Crippen LogP contribution in [0.3, 0.4) is 0 Å². The Labute approximate surface area is 184 Å². The Balaban J connectivity index is 1.40. The molecule has 1 fully saturated rings. The van der Waals surface area contributed by atoms with Crippen molar-refractivity contribution in [3.8, 4) is 17.1 Å². The molecule has 3 N–H and O–H groups in total. The number of aromatic amines is 1. The first-order valence-electron chi connectivity index (χ1n) is 10.2. The van der Waals surface area contributed by atoms with Crippen molar-refractivity contribution < 1.29 is 9.26 Å². The lowest BCUT2D eigenvalue weighted by molar-refractivity contribution is 0.314. The van der Waals surface area contributed by atoms with Crippen LogP contribution in [0.5, 0.6) is 5.88 Å². The number of aromatic nitrogens is 6. The van der Waals surface area contributed by atoms with Gasteiger partial charge in [-0.2, -0.15) is 15.1 Å². The number of hydrogen-bond acceptors (Lipinski definition) is 10. The number of aryl methyl sites for hydroxylation is 1. The summed E-state index contributed by atoms with van der Waals surface area (Å²) in [5.41, 5.74) is 2.56. The highest BCUT2D eigenvalue weighted by Gasteiger charge is 2.35. The average molecular weight is 433 g/mol. The molecule has 1 saturated heterocycles. The predicted molar refractivity (Wildman–Crippen MR) is 119 cm³/mol. The first-order valence-corrected chi connectivity index (χ1v) is 10.2. The maximum absolute atomic E-state index is 5.70. The van der Waals surface area contributed by atoms with E-state index in [1.807, 2.05) is 38.2 Å². The third kappa shape index (κ3) is 3.68. The lowest BCUT2D eigenvalue weighted by Crippen LogP contribution is -2.42. The Morgan fingerprint density at radius 1 is 1.22 bits per heavy atom. The molecule has 0 aromatic carbocycles. The Hall–Kier alpha value is -4.15. The van der Waals surface area contributed by atoms with Gasteiger partial charge in [-0.3, -0.25) is 5.10 Å². The van der Waals surface area contributed by atoms with Gasteiger partial charge in [-0.25, -0.2) is 4.98 Å². The summed E-state index contributed by atoms with van der Waals surface area (Å²) in [7, 11) is 3.41. The molecule has 1 atom stereocenters. The number of nitrogens with one attached hydrogen (secondary N) is 3. The second-order valence-corrected chi connectivity index (χ2v) is 7.42. The molecule has 32 heavy (non-hydrogen) atoms. The quantitative estimate of drug-likeness (QED) is 0.399. The lowest BCUT2D eigenvalue weighted by atomic mass is 10.0. The molecule has 164 valence electrons. The maximum Gasteiger partial charge on any atom is 0.231 e. The highest BCUT2D eigenvalue weighted by molar-refractivity contribution is 5.72. The molecule has 0 saturated carbocycles. The first-order chi connectivity index (χ1) is 15.6. The molecule has 11 heteroatoms. The van der Waals surface area contributed by atoms with Crippen LogP contribution in [0.1, 0.15) is 23.9 Å². The van der Waals surface area contributed by atoms with E-state index >= 15 is 0 Å². The van der Waals surface area contributed by atoms with E-state index in [-0.39, 0.29) is 6.04 Å². The summed E-state index contributed by atoms with van der Waals surface area (Å²) in [5.74, 6) is 3.77. The Morgan fingerprint density at radius 3 is 2.84 bits per heavy atom. The predicted octanol–water partition coefficient (Wildman–Crippen LogP) is 3.30. The topological polar surface area (TPSA) is 130 Å². The highest BCUT2D eigenvalue weighted by Crippen LogP contribution is 2.39. The second kappa shape index (κ2) is 8.17. The number of nitrogens with zero attached hydrogens (tertiary/aromatic N) is 6. The van der Waals surface area contributed by atoms with Crippen molar-refractivity contribution in [1.82, 2.24) is 30.3 Å². The molecule has 0 aliphatic carbocycles. The SMILES string of the molecule is CNc1ncccc1-c1cc([C@@H]2CCN2c2nc(Nc3cc(C)[nH]n3)cc(OC)n2)on1. The van der Waals surface area contributed by atoms with Gasteiger partial charge in [-0.05, 0) is 25.5 Å². The summed E-state index contributed by atoms with van der Waals surface area (Å²) in [6, 6.07) is 9.39. The van der Waals surface area contributed by atoms with Gasteiger partial charge in [0.25, 0.3) is 0 Å². The largest absolute Gasteiger partial charge is 0.481 e. The Bertz CT molecular complexity index is 1240. The van der Waals surface area contributed by atoms with Gasteiger partial charge in [0.15, 0.2) is 11.6 Å². The first kappa shape index (κ1) is 19.8. The molecular weight excluding hydrogens is 410 g/mol. The van der Waals surface area contributed by atoms with Gasteiger partial charge < -0.3 is 24.8 Å². The van der Waals surface area contributed by atoms with Crippen LogP contribution >= 0.6 is 0 Å². The van der Waals surface area contributed by atoms with Gasteiger partial charge in [0.2, 0.25) is 11.8 Å². The number of methoxy groups -OCH3 is 1. The van der Waals surface area contributed by atoms with Gasteiger partial charge in [0, 0.05) is 49.2 Å². The van der Waals surface area contributed by atoms with E-state index in [1.165, 1.54) is 0 Å². The van der Waals surface area contributed by atoms with E-state index in [0.717, 1.165) is 41.5 Å². The van der Waals surface area contributed by atoms with Crippen molar-refractivity contribution >= 4 is 23.4 Å². The summed E-state index contributed by atoms with van der Waals surface area (Å²) < 4.78 is 11.1. The number of pyridine rings is 1. The fourth-order valence-electron chi connectivity index (χ4n) is 3.63. The molecule has 0 unspecified atom stereocenters. The molecule has 0 spiro atoms. The number of rotatable bonds is 7. The molecule has 0 radical (unpaired) electrons. The van der Waals surface area contributed by atoms with Crippen molar-refractivity contribution in [2.45, 2.75) is 19.4 Å². The number of hydrogen-bond donors (Lipinski definition) is 3. The molecule has 0 bridgehead atoms. The highest BCUT2D eigenvalue weighted by atomic mass is 16.5. The molecule has 5 rings (SSSR count). The lowest BCUT2D eigenvalue weighted by Gasteiger charge is -2.39. The maximum atomic E-state index is 5.70. The van der Waals surface area contributed by atoms with Crippen molar-refractivity contribution in [3.05, 3.63) is 48.0 Å². The van der Waals surface area contributed by atoms with E-state index in [9.17, 15) is 0 Å². The van der Waals surface area contributed by atoms with E-state index in [1.54, 1.807) is 19.4 Å². The molecule has 4 aromatic rings. The van der Waals surface area contributed by atoms with E-state index in [4.69, 9.17) is 9.26 Å². The summed E-state index contributed by atoms with van der Waals surface area (Å²) in [4.78, 5) is 15.6. The van der Waals surface area contributed by atoms with Crippen molar-refractivity contribution in [2.75, 3.05) is 36.2 Å². The molecular formula is C21H23N9O2. The molecule has 1 aliphatic rings. The smallest absolute Gasteiger partial charge is 0.231 e. The normalized spacial score (nSPS) is 15.3. The average Bonchev–Trinajstić information content (AvgIpc) is 3.42. The Kier molecular flexibility index (Phi) is 5.06. The van der Waals surface area contributed by atoms with Crippen LogP contribution < -0.4 is 20.3 Å². The van der Waals surface area contributed by atoms with E-state index in [0.29, 0.717) is 23.5 Å². The van der Waals surface area contributed by atoms with E-state index in [2.05, 4.69) is 45.8 Å². The van der Waals surface area contributed by atoms with Crippen LogP contribution in [0, 0.1) is 6.92 Å². The van der Waals surface area contributed by atoms with Crippen LogP contribution in [0.4, 0.5) is 23.4 Å². The minimum Gasteiger partial charge on any atom is -0.481 e. The summed E-state index contributed by atoms with van der Waals surface area (Å²) in [5, 5.41) is 17.6. The van der Waals surface area contributed by atoms with E-state index < -0.39 is 0 Å². The fourth-order valence-corrected chi connectivity index (χ4v) is 3.63. The zero-order valence-corrected chi connectivity index (χ0v) is 18.0. The minimum absolute atomic E-state index is 0.0152. The third-order valence-electron chi connectivity index (χ3n) is 5.32. The van der Waals surface area contributed by atoms with Crippen LogP contribution in [0.2, 0.25) is 0 Å². The molecule has 5 heterocycles. The monoisotopic (exact) mass is 433 g/mol. The van der Waals surface area contributed by atoms with Gasteiger partial charge in [0.05, 0.1) is 13.2 Å². The fraction of sp³-hybridized carbons (Fsp3) is 0.286. The van der Waals surface area contributed by atoms with Crippen molar-refractivity contribution in [3.63, 3.8) is 0 Å². The van der Waals surface area contributed by atoms with Crippen LogP contribution in [0.15, 0.2) is 41.1 Å². The number of anilines is 4. The number of ether oxygens (including phenoxy) is 1. The van der Waals surface area contributed by atoms with Crippen LogP contribution in [0.25, 0.3) is 11.3 Å². The summed E-state index contributed by atoms with van der Waals surface area (Å²) in [6.45, 7) is 2.73. The zero-order chi connectivity index (χ0) is 22.1. The van der Waals surface area contributed by atoms with Gasteiger partial charge >= 0.3 is 0 Å². The zero-order valence-electron chi connectivity index (χ0n) is 18.0.